The summed E-state index contributed by atoms with van der Waals surface area (Å²) in [7, 11) is 0. The highest BCUT2D eigenvalue weighted by molar-refractivity contribution is 5.74. The Labute approximate surface area is 113 Å². The van der Waals surface area contributed by atoms with Crippen molar-refractivity contribution in [3.8, 4) is 0 Å². The maximum atomic E-state index is 11.6. The lowest BCUT2D eigenvalue weighted by molar-refractivity contribution is -0.137. The molecule has 0 spiro atoms. The van der Waals surface area contributed by atoms with Crippen molar-refractivity contribution in [3.05, 3.63) is 0 Å². The second-order valence-electron chi connectivity index (χ2n) is 5.12. The zero-order chi connectivity index (χ0) is 14.1. The third kappa shape index (κ3) is 7.66. The average molecular weight is 272 g/mol. The molecule has 1 aliphatic heterocycles. The van der Waals surface area contributed by atoms with E-state index in [-0.39, 0.29) is 18.5 Å². The normalized spacial score (nSPS) is 20.6. The summed E-state index contributed by atoms with van der Waals surface area (Å²) >= 11 is 0. The van der Waals surface area contributed by atoms with Gasteiger partial charge >= 0.3 is 12.0 Å². The lowest BCUT2D eigenvalue weighted by atomic mass is 10.0. The summed E-state index contributed by atoms with van der Waals surface area (Å²) in [5.41, 5.74) is 0. The van der Waals surface area contributed by atoms with E-state index in [4.69, 9.17) is 9.84 Å². The minimum Gasteiger partial charge on any atom is -0.481 e. The minimum atomic E-state index is -0.797. The highest BCUT2D eigenvalue weighted by atomic mass is 16.5. The number of nitrogens with one attached hydrogen (secondary N) is 2. The number of rotatable bonds is 7. The number of amides is 2. The highest BCUT2D eigenvalue weighted by Crippen LogP contribution is 2.11. The molecule has 6 nitrogen and oxygen atoms in total. The van der Waals surface area contributed by atoms with E-state index < -0.39 is 5.97 Å². The molecule has 19 heavy (non-hydrogen) atoms. The predicted octanol–water partition coefficient (Wildman–Crippen LogP) is 1.36. The first-order valence-electron chi connectivity index (χ1n) is 6.92. The molecule has 2 unspecified atom stereocenters. The third-order valence-electron chi connectivity index (χ3n) is 3.21. The Morgan fingerprint density at radius 3 is 2.89 bits per heavy atom. The molecule has 0 aromatic rings. The summed E-state index contributed by atoms with van der Waals surface area (Å²) < 4.78 is 5.34. The van der Waals surface area contributed by atoms with Crippen molar-refractivity contribution in [1.82, 2.24) is 10.6 Å². The van der Waals surface area contributed by atoms with Gasteiger partial charge in [-0.1, -0.05) is 0 Å². The van der Waals surface area contributed by atoms with Crippen LogP contribution >= 0.6 is 0 Å². The first-order chi connectivity index (χ1) is 9.08. The molecule has 1 fully saturated rings. The number of carboxylic acid groups (broad SMARTS) is 1. The van der Waals surface area contributed by atoms with Gasteiger partial charge in [0.1, 0.15) is 0 Å². The second kappa shape index (κ2) is 8.74. The van der Waals surface area contributed by atoms with Crippen LogP contribution in [0.1, 0.15) is 39.0 Å². The first kappa shape index (κ1) is 15.8. The zero-order valence-electron chi connectivity index (χ0n) is 11.5. The van der Waals surface area contributed by atoms with Crippen LogP contribution in [-0.4, -0.2) is 42.9 Å². The lowest BCUT2D eigenvalue weighted by Gasteiger charge is -2.22. The molecule has 3 N–H and O–H groups in total. The van der Waals surface area contributed by atoms with Crippen LogP contribution in [0.5, 0.6) is 0 Å². The van der Waals surface area contributed by atoms with Gasteiger partial charge in [-0.25, -0.2) is 4.79 Å². The van der Waals surface area contributed by atoms with Gasteiger partial charge in [-0.2, -0.15) is 0 Å². The Morgan fingerprint density at radius 2 is 2.26 bits per heavy atom. The molecule has 0 aliphatic carbocycles. The van der Waals surface area contributed by atoms with Gasteiger partial charge in [0.25, 0.3) is 0 Å². The van der Waals surface area contributed by atoms with E-state index in [1.807, 2.05) is 6.92 Å². The molecule has 1 heterocycles. The Hall–Kier alpha value is -1.30. The number of hydrogen-bond acceptors (Lipinski definition) is 3. The molecule has 0 aromatic carbocycles. The van der Waals surface area contributed by atoms with Crippen LogP contribution in [-0.2, 0) is 9.53 Å². The van der Waals surface area contributed by atoms with Gasteiger partial charge in [0.2, 0.25) is 0 Å². The fourth-order valence-corrected chi connectivity index (χ4v) is 2.11. The van der Waals surface area contributed by atoms with Gasteiger partial charge in [0, 0.05) is 25.6 Å². The third-order valence-corrected chi connectivity index (χ3v) is 3.21. The molecule has 0 radical (unpaired) electrons. The molecular weight excluding hydrogens is 248 g/mol. The molecular formula is C13H24N2O4. The van der Waals surface area contributed by atoms with Gasteiger partial charge in [-0.3, -0.25) is 4.79 Å². The zero-order valence-corrected chi connectivity index (χ0v) is 11.5. The van der Waals surface area contributed by atoms with E-state index in [1.54, 1.807) is 0 Å². The maximum Gasteiger partial charge on any atom is 0.315 e. The Kier molecular flexibility index (Phi) is 7.25. The molecule has 2 amide bonds. The largest absolute Gasteiger partial charge is 0.481 e. The number of hydrogen-bond donors (Lipinski definition) is 3. The maximum absolute atomic E-state index is 11.6. The standard InChI is InChI=1S/C13H24N2O4/c1-10(4-2-6-12(16)17)15-13(18)14-8-11-5-3-7-19-9-11/h10-11H,2-9H2,1H3,(H,16,17)(H2,14,15,18). The van der Waals surface area contributed by atoms with Crippen LogP contribution in [0.4, 0.5) is 4.79 Å². The van der Waals surface area contributed by atoms with E-state index in [0.717, 1.165) is 19.4 Å². The number of carbonyl (C=O) groups excluding carboxylic acids is 1. The Balaban J connectivity index is 2.07. The minimum absolute atomic E-state index is 0.0121. The van der Waals surface area contributed by atoms with Crippen LogP contribution in [0, 0.1) is 5.92 Å². The highest BCUT2D eigenvalue weighted by Gasteiger charge is 2.15. The van der Waals surface area contributed by atoms with Gasteiger partial charge in [0.05, 0.1) is 6.61 Å². The molecule has 6 heteroatoms. The quantitative estimate of drug-likeness (QED) is 0.653. The van der Waals surface area contributed by atoms with Crippen molar-refractivity contribution in [2.75, 3.05) is 19.8 Å². The van der Waals surface area contributed by atoms with Crippen molar-refractivity contribution in [1.29, 1.82) is 0 Å². The summed E-state index contributed by atoms with van der Waals surface area (Å²) in [6, 6.07) is -0.199. The van der Waals surface area contributed by atoms with Crippen molar-refractivity contribution >= 4 is 12.0 Å². The smallest absolute Gasteiger partial charge is 0.315 e. The van der Waals surface area contributed by atoms with Crippen molar-refractivity contribution in [2.24, 2.45) is 5.92 Å². The summed E-state index contributed by atoms with van der Waals surface area (Å²) in [4.78, 5) is 22.0. The number of carboxylic acids is 1. The van der Waals surface area contributed by atoms with E-state index in [0.29, 0.717) is 31.9 Å². The van der Waals surface area contributed by atoms with Crippen molar-refractivity contribution in [3.63, 3.8) is 0 Å². The van der Waals surface area contributed by atoms with Crippen LogP contribution in [0.15, 0.2) is 0 Å². The predicted molar refractivity (Wildman–Crippen MR) is 71.0 cm³/mol. The van der Waals surface area contributed by atoms with Gasteiger partial charge in [-0.15, -0.1) is 0 Å². The van der Waals surface area contributed by atoms with Crippen LogP contribution < -0.4 is 10.6 Å². The average Bonchev–Trinajstić information content (AvgIpc) is 2.37. The molecule has 1 saturated heterocycles. The topological polar surface area (TPSA) is 87.7 Å². The van der Waals surface area contributed by atoms with Gasteiger partial charge < -0.3 is 20.5 Å². The summed E-state index contributed by atoms with van der Waals surface area (Å²) in [5.74, 6) is -0.393. The molecule has 1 aliphatic rings. The summed E-state index contributed by atoms with van der Waals surface area (Å²) in [6.45, 7) is 4.05. The van der Waals surface area contributed by atoms with E-state index in [2.05, 4.69) is 10.6 Å². The molecule has 0 bridgehead atoms. The number of ether oxygens (including phenoxy) is 1. The van der Waals surface area contributed by atoms with Crippen molar-refractivity contribution < 1.29 is 19.4 Å². The molecule has 2 atom stereocenters. The van der Waals surface area contributed by atoms with Gasteiger partial charge in [0.15, 0.2) is 0 Å². The summed E-state index contributed by atoms with van der Waals surface area (Å²) in [5, 5.41) is 14.2. The molecule has 110 valence electrons. The van der Waals surface area contributed by atoms with Crippen molar-refractivity contribution in [2.45, 2.75) is 45.1 Å². The SMILES string of the molecule is CC(CCCC(=O)O)NC(=O)NCC1CCCOC1. The Bertz CT molecular complexity index is 290. The van der Waals surface area contributed by atoms with E-state index in [1.165, 1.54) is 0 Å². The fraction of sp³-hybridized carbons (Fsp3) is 0.846. The van der Waals surface area contributed by atoms with E-state index >= 15 is 0 Å². The summed E-state index contributed by atoms with van der Waals surface area (Å²) in [6.07, 6.45) is 3.54. The van der Waals surface area contributed by atoms with Crippen LogP contribution in [0.25, 0.3) is 0 Å². The Morgan fingerprint density at radius 1 is 1.47 bits per heavy atom. The number of carbonyl (C=O) groups is 2. The van der Waals surface area contributed by atoms with Gasteiger partial charge in [-0.05, 0) is 38.5 Å². The molecule has 1 rings (SSSR count). The monoisotopic (exact) mass is 272 g/mol. The number of aliphatic carboxylic acids is 1. The van der Waals surface area contributed by atoms with E-state index in [9.17, 15) is 9.59 Å². The number of urea groups is 1. The molecule has 0 aromatic heterocycles. The lowest BCUT2D eigenvalue weighted by Crippen LogP contribution is -2.43. The fourth-order valence-electron chi connectivity index (χ4n) is 2.11. The van der Waals surface area contributed by atoms with Crippen LogP contribution in [0.3, 0.4) is 0 Å². The molecule has 0 saturated carbocycles. The second-order valence-corrected chi connectivity index (χ2v) is 5.12. The van der Waals surface area contributed by atoms with Crippen LogP contribution in [0.2, 0.25) is 0 Å². The first-order valence-corrected chi connectivity index (χ1v) is 6.92.